The number of hydrogen-bond acceptors (Lipinski definition) is 1. The van der Waals surface area contributed by atoms with Crippen LogP contribution in [-0.4, -0.2) is 5.24 Å². The van der Waals surface area contributed by atoms with Gasteiger partial charge in [-0.1, -0.05) is 74.5 Å². The maximum atomic E-state index is 11.9. The lowest BCUT2D eigenvalue weighted by molar-refractivity contribution is -0.116. The van der Waals surface area contributed by atoms with Crippen molar-refractivity contribution in [1.82, 2.24) is 0 Å². The van der Waals surface area contributed by atoms with Crippen LogP contribution in [0.5, 0.6) is 0 Å². The fourth-order valence-corrected chi connectivity index (χ4v) is 3.13. The van der Waals surface area contributed by atoms with Crippen LogP contribution in [0.25, 0.3) is 0 Å². The zero-order valence-corrected chi connectivity index (χ0v) is 12.5. The van der Waals surface area contributed by atoms with Crippen molar-refractivity contribution in [1.29, 1.82) is 0 Å². The van der Waals surface area contributed by atoms with Crippen LogP contribution in [0.1, 0.15) is 36.8 Å². The number of hydrogen-bond donors (Lipinski definition) is 0. The highest BCUT2D eigenvalue weighted by Crippen LogP contribution is 2.37. The first-order chi connectivity index (χ1) is 9.61. The molecule has 2 rings (SSSR count). The first-order valence-electron chi connectivity index (χ1n) is 6.90. The number of carbonyl (C=O) groups excluding carboxylic acids is 1. The van der Waals surface area contributed by atoms with Gasteiger partial charge in [0.15, 0.2) is 0 Å². The molecule has 0 aliphatic carbocycles. The Hall–Kier alpha value is -1.60. The Morgan fingerprint density at radius 2 is 1.15 bits per heavy atom. The summed E-state index contributed by atoms with van der Waals surface area (Å²) in [4.78, 5) is 11.9. The Morgan fingerprint density at radius 3 is 1.45 bits per heavy atom. The minimum atomic E-state index is -0.266. The summed E-state index contributed by atoms with van der Waals surface area (Å²) in [6, 6.07) is 20.1. The molecule has 0 aliphatic rings. The molecule has 104 valence electrons. The minimum Gasteiger partial charge on any atom is -0.281 e. The van der Waals surface area contributed by atoms with E-state index in [4.69, 9.17) is 11.6 Å². The number of carbonyl (C=O) groups is 1. The molecule has 1 nitrogen and oxygen atoms in total. The minimum absolute atomic E-state index is 0.0939. The highest BCUT2D eigenvalue weighted by Gasteiger charge is 2.31. The third-order valence-electron chi connectivity index (χ3n) is 3.99. The van der Waals surface area contributed by atoms with Crippen LogP contribution in [0.15, 0.2) is 60.7 Å². The van der Waals surface area contributed by atoms with E-state index < -0.39 is 0 Å². The quantitative estimate of drug-likeness (QED) is 0.709. The van der Waals surface area contributed by atoms with Crippen molar-refractivity contribution in [2.75, 3.05) is 0 Å². The van der Waals surface area contributed by atoms with Gasteiger partial charge in [0.1, 0.15) is 0 Å². The van der Waals surface area contributed by atoms with E-state index in [-0.39, 0.29) is 23.0 Å². The predicted molar refractivity (Wildman–Crippen MR) is 84.1 cm³/mol. The molecular weight excluding hydrogens is 268 g/mol. The van der Waals surface area contributed by atoms with Crippen molar-refractivity contribution in [3.63, 3.8) is 0 Å². The number of halogens is 1. The fourth-order valence-electron chi connectivity index (χ4n) is 2.75. The van der Waals surface area contributed by atoms with Gasteiger partial charge in [-0.15, -0.1) is 0 Å². The molecule has 2 aromatic rings. The van der Waals surface area contributed by atoms with Crippen molar-refractivity contribution in [2.24, 2.45) is 5.92 Å². The van der Waals surface area contributed by atoms with Crippen molar-refractivity contribution in [2.45, 2.75) is 25.7 Å². The Labute approximate surface area is 125 Å². The molecule has 0 saturated carbocycles. The molecule has 2 heteroatoms. The normalized spacial score (nSPS) is 14.0. The topological polar surface area (TPSA) is 17.1 Å². The summed E-state index contributed by atoms with van der Waals surface area (Å²) in [7, 11) is 0. The van der Waals surface area contributed by atoms with Gasteiger partial charge in [-0.05, 0) is 34.6 Å². The van der Waals surface area contributed by atoms with Gasteiger partial charge in [0.2, 0.25) is 5.24 Å². The van der Waals surface area contributed by atoms with Gasteiger partial charge >= 0.3 is 0 Å². The van der Waals surface area contributed by atoms with E-state index in [0.29, 0.717) is 0 Å². The van der Waals surface area contributed by atoms with Gasteiger partial charge in [0, 0.05) is 5.92 Å². The summed E-state index contributed by atoms with van der Waals surface area (Å²) in [5, 5.41) is -0.266. The van der Waals surface area contributed by atoms with Gasteiger partial charge < -0.3 is 0 Å². The van der Waals surface area contributed by atoms with E-state index >= 15 is 0 Å². The lowest BCUT2D eigenvalue weighted by atomic mass is 9.77. The SMILES string of the molecule is C[C@H](c1ccccc1)C(C(=O)Cl)[C@H](C)c1ccccc1. The second-order valence-corrected chi connectivity index (χ2v) is 5.60. The fraction of sp³-hybridized carbons (Fsp3) is 0.278. The van der Waals surface area contributed by atoms with E-state index in [1.54, 1.807) is 0 Å². The van der Waals surface area contributed by atoms with E-state index in [1.165, 1.54) is 0 Å². The zero-order chi connectivity index (χ0) is 14.5. The van der Waals surface area contributed by atoms with Crippen LogP contribution in [0.4, 0.5) is 0 Å². The molecule has 2 atom stereocenters. The number of benzene rings is 2. The zero-order valence-electron chi connectivity index (χ0n) is 11.8. The molecule has 0 saturated heterocycles. The van der Waals surface area contributed by atoms with Crippen LogP contribution in [0.3, 0.4) is 0 Å². The van der Waals surface area contributed by atoms with Crippen LogP contribution in [-0.2, 0) is 4.79 Å². The van der Waals surface area contributed by atoms with Crippen molar-refractivity contribution in [3.05, 3.63) is 71.8 Å². The monoisotopic (exact) mass is 286 g/mol. The van der Waals surface area contributed by atoms with Crippen LogP contribution in [0, 0.1) is 5.92 Å². The van der Waals surface area contributed by atoms with Gasteiger partial charge in [0.05, 0.1) is 0 Å². The molecule has 0 aromatic heterocycles. The average Bonchev–Trinajstić information content (AvgIpc) is 2.48. The highest BCUT2D eigenvalue weighted by molar-refractivity contribution is 6.64. The molecule has 0 spiro atoms. The molecule has 0 amide bonds. The lowest BCUT2D eigenvalue weighted by Gasteiger charge is -2.27. The van der Waals surface area contributed by atoms with Crippen molar-refractivity contribution < 1.29 is 4.79 Å². The lowest BCUT2D eigenvalue weighted by Crippen LogP contribution is -2.23. The maximum Gasteiger partial charge on any atom is 0.225 e. The summed E-state index contributed by atoms with van der Waals surface area (Å²) in [5.41, 5.74) is 2.29. The third-order valence-corrected chi connectivity index (χ3v) is 4.24. The van der Waals surface area contributed by atoms with Crippen molar-refractivity contribution >= 4 is 16.8 Å². The predicted octanol–water partition coefficient (Wildman–Crippen LogP) is 4.98. The summed E-state index contributed by atoms with van der Waals surface area (Å²) in [5.74, 6) is -0.0331. The Balaban J connectivity index is 2.30. The highest BCUT2D eigenvalue weighted by atomic mass is 35.5. The molecule has 20 heavy (non-hydrogen) atoms. The van der Waals surface area contributed by atoms with E-state index in [2.05, 4.69) is 38.1 Å². The van der Waals surface area contributed by atoms with Gasteiger partial charge in [-0.2, -0.15) is 0 Å². The molecule has 0 fully saturated rings. The standard InChI is InChI=1S/C18H19ClO/c1-13(15-9-5-3-6-10-15)17(18(19)20)14(2)16-11-7-4-8-12-16/h3-14,17H,1-2H3/t13-,14-/m1/s1. The van der Waals surface area contributed by atoms with Gasteiger partial charge in [-0.3, -0.25) is 4.79 Å². The molecule has 0 bridgehead atoms. The van der Waals surface area contributed by atoms with E-state index in [9.17, 15) is 4.79 Å². The molecule has 0 aliphatic heterocycles. The first-order valence-corrected chi connectivity index (χ1v) is 7.28. The van der Waals surface area contributed by atoms with Crippen molar-refractivity contribution in [3.8, 4) is 0 Å². The summed E-state index contributed by atoms with van der Waals surface area (Å²) in [6.45, 7) is 4.14. The summed E-state index contributed by atoms with van der Waals surface area (Å²) >= 11 is 5.89. The van der Waals surface area contributed by atoms with E-state index in [0.717, 1.165) is 11.1 Å². The molecular formula is C18H19ClO. The second-order valence-electron chi connectivity index (χ2n) is 5.23. The van der Waals surface area contributed by atoms with Crippen LogP contribution >= 0.6 is 11.6 Å². The Morgan fingerprint density at radius 1 is 0.800 bits per heavy atom. The molecule has 2 aromatic carbocycles. The Bertz CT molecular complexity index is 505. The number of rotatable bonds is 5. The maximum absolute atomic E-state index is 11.9. The summed E-state index contributed by atoms with van der Waals surface area (Å²) < 4.78 is 0. The van der Waals surface area contributed by atoms with Crippen LogP contribution in [0.2, 0.25) is 0 Å². The molecule has 0 N–H and O–H groups in total. The largest absolute Gasteiger partial charge is 0.281 e. The molecule has 0 heterocycles. The van der Waals surface area contributed by atoms with Gasteiger partial charge in [0.25, 0.3) is 0 Å². The molecule has 0 unspecified atom stereocenters. The average molecular weight is 287 g/mol. The third kappa shape index (κ3) is 3.29. The first kappa shape index (κ1) is 14.8. The summed E-state index contributed by atoms with van der Waals surface area (Å²) in [6.07, 6.45) is 0. The van der Waals surface area contributed by atoms with E-state index in [1.807, 2.05) is 36.4 Å². The van der Waals surface area contributed by atoms with Crippen LogP contribution < -0.4 is 0 Å². The Kier molecular flexibility index (Phi) is 4.97. The molecule has 0 radical (unpaired) electrons. The van der Waals surface area contributed by atoms with Gasteiger partial charge in [-0.25, -0.2) is 0 Å². The smallest absolute Gasteiger partial charge is 0.225 e. The second kappa shape index (κ2) is 6.71.